The van der Waals surface area contributed by atoms with Crippen LogP contribution in [0.15, 0.2) is 72.3 Å². The van der Waals surface area contributed by atoms with Gasteiger partial charge >= 0.3 is 13.2 Å². The van der Waals surface area contributed by atoms with Gasteiger partial charge in [0.1, 0.15) is 18.8 Å². The first-order valence-electron chi connectivity index (χ1n) is 15.6. The standard InChI is InChI=1S/C36H41BN2O6/c1-22(2)32(39-34(42)43-21-30-28-14-10-8-12-26(28)27-13-9-11-15-29(27)30)31(40)20-23(3)33(41)38-25-18-16-24(17-19-25)37-44-35(4,5)36(6,7)45-37/h8,10-19,22-23,30,32H,20-21H2,1-7H3,(H-,38,39,41,42)/p+1/t23-,30?,32+/m1/s1. The van der Waals surface area contributed by atoms with Gasteiger partial charge in [-0.1, -0.05) is 51.1 Å². The fraction of sp³-hybridized carbons (Fsp3) is 0.417. The van der Waals surface area contributed by atoms with E-state index >= 15 is 0 Å². The number of carbonyl (C=O) groups is 3. The van der Waals surface area contributed by atoms with Gasteiger partial charge < -0.3 is 24.7 Å². The minimum Gasteiger partial charge on any atom is -0.448 e. The predicted molar refractivity (Wildman–Crippen MR) is 176 cm³/mol. The summed E-state index contributed by atoms with van der Waals surface area (Å²) in [5.74, 6) is -1.41. The third kappa shape index (κ3) is 6.81. The number of hydrogen-bond acceptors (Lipinski definition) is 6. The Morgan fingerprint density at radius 3 is 2.31 bits per heavy atom. The van der Waals surface area contributed by atoms with Crippen LogP contribution in [0, 0.1) is 17.9 Å². The minimum absolute atomic E-state index is 0.0269. The summed E-state index contributed by atoms with van der Waals surface area (Å²) in [6.45, 7) is 13.6. The van der Waals surface area contributed by atoms with Crippen LogP contribution in [-0.4, -0.2) is 48.8 Å². The third-order valence-electron chi connectivity index (χ3n) is 9.23. The highest BCUT2D eigenvalue weighted by molar-refractivity contribution is 6.62. The Hall–Kier alpha value is -4.04. The molecular weight excluding hydrogens is 567 g/mol. The van der Waals surface area contributed by atoms with Crippen LogP contribution >= 0.6 is 0 Å². The molecule has 0 aromatic heterocycles. The number of hydrogen-bond donors (Lipinski definition) is 2. The molecule has 1 heterocycles. The fourth-order valence-electron chi connectivity index (χ4n) is 5.81. The molecule has 0 spiro atoms. The number of allylic oxidation sites excluding steroid dienone is 5. The average molecular weight is 610 g/mol. The van der Waals surface area contributed by atoms with Gasteiger partial charge in [0.25, 0.3) is 0 Å². The molecule has 45 heavy (non-hydrogen) atoms. The molecule has 3 aliphatic rings. The lowest BCUT2D eigenvalue weighted by Gasteiger charge is -2.32. The molecule has 2 N–H and O–H groups in total. The maximum Gasteiger partial charge on any atom is 0.494 e. The van der Waals surface area contributed by atoms with E-state index in [0.717, 1.165) is 27.7 Å². The summed E-state index contributed by atoms with van der Waals surface area (Å²) in [5.41, 5.74) is 4.95. The lowest BCUT2D eigenvalue weighted by molar-refractivity contribution is -0.127. The van der Waals surface area contributed by atoms with E-state index in [-0.39, 0.29) is 36.6 Å². The molecule has 5 rings (SSSR count). The first-order chi connectivity index (χ1) is 21.3. The first kappa shape index (κ1) is 32.4. The number of benzene rings is 2. The SMILES string of the molecule is CC(C)[C@H](NC(=O)OCC1C2=C(C=[C+]C=C2)c2ccccc21)C(=O)C[C@@H](C)C(=O)Nc1ccc(B2OC(C)(C)C(C)(C)O2)cc1. The lowest BCUT2D eigenvalue weighted by Crippen LogP contribution is -2.45. The number of ether oxygens (including phenoxy) is 1. The number of rotatable bonds is 10. The van der Waals surface area contributed by atoms with Crippen molar-refractivity contribution in [3.05, 3.63) is 89.5 Å². The minimum atomic E-state index is -0.787. The zero-order valence-corrected chi connectivity index (χ0v) is 27.1. The maximum atomic E-state index is 13.3. The van der Waals surface area contributed by atoms with E-state index < -0.39 is 36.4 Å². The Balaban J connectivity index is 1.13. The van der Waals surface area contributed by atoms with Crippen LogP contribution in [-0.2, 0) is 23.6 Å². The van der Waals surface area contributed by atoms with Crippen LogP contribution in [0.2, 0.25) is 0 Å². The van der Waals surface area contributed by atoms with Gasteiger partial charge in [-0.25, -0.2) is 4.79 Å². The van der Waals surface area contributed by atoms with Crippen molar-refractivity contribution in [3.8, 4) is 0 Å². The maximum absolute atomic E-state index is 13.3. The van der Waals surface area contributed by atoms with Gasteiger partial charge in [-0.05, 0) is 62.8 Å². The van der Waals surface area contributed by atoms with E-state index in [1.54, 1.807) is 19.1 Å². The third-order valence-corrected chi connectivity index (χ3v) is 9.23. The molecule has 2 aliphatic carbocycles. The Morgan fingerprint density at radius 1 is 0.978 bits per heavy atom. The number of Topliss-reactive ketones (excluding diaryl/α,β-unsaturated/α-hetero) is 1. The second-order valence-electron chi connectivity index (χ2n) is 13.4. The highest BCUT2D eigenvalue weighted by atomic mass is 16.7. The Kier molecular flexibility index (Phi) is 9.17. The number of fused-ring (bicyclic) bond motifs is 2. The lowest BCUT2D eigenvalue weighted by atomic mass is 9.79. The van der Waals surface area contributed by atoms with E-state index in [1.165, 1.54) is 0 Å². The van der Waals surface area contributed by atoms with Crippen molar-refractivity contribution in [2.45, 2.75) is 78.0 Å². The Morgan fingerprint density at radius 2 is 1.64 bits per heavy atom. The van der Waals surface area contributed by atoms with Gasteiger partial charge in [-0.3, -0.25) is 9.59 Å². The molecule has 2 amide bonds. The van der Waals surface area contributed by atoms with Crippen molar-refractivity contribution in [2.75, 3.05) is 11.9 Å². The monoisotopic (exact) mass is 609 g/mol. The fourth-order valence-corrected chi connectivity index (χ4v) is 5.81. The van der Waals surface area contributed by atoms with Crippen molar-refractivity contribution >= 4 is 41.6 Å². The van der Waals surface area contributed by atoms with Gasteiger partial charge in [0, 0.05) is 29.7 Å². The summed E-state index contributed by atoms with van der Waals surface area (Å²) in [6.07, 6.45) is 8.26. The topological polar surface area (TPSA) is 103 Å². The number of alkyl carbamates (subject to hydrolysis) is 1. The van der Waals surface area contributed by atoms with E-state index in [9.17, 15) is 14.4 Å². The van der Waals surface area contributed by atoms with Crippen molar-refractivity contribution in [3.63, 3.8) is 0 Å². The largest absolute Gasteiger partial charge is 0.494 e. The van der Waals surface area contributed by atoms with Gasteiger partial charge in [0.05, 0.1) is 40.4 Å². The molecule has 0 bridgehead atoms. The van der Waals surface area contributed by atoms with Crippen LogP contribution in [0.1, 0.15) is 71.9 Å². The van der Waals surface area contributed by atoms with Crippen molar-refractivity contribution in [1.29, 1.82) is 0 Å². The summed E-state index contributed by atoms with van der Waals surface area (Å²) in [7, 11) is -0.494. The zero-order chi connectivity index (χ0) is 32.5. The molecule has 1 saturated heterocycles. The molecule has 2 aromatic rings. The molecule has 3 atom stereocenters. The van der Waals surface area contributed by atoms with Crippen molar-refractivity contribution in [2.24, 2.45) is 11.8 Å². The highest BCUT2D eigenvalue weighted by Gasteiger charge is 2.51. The molecule has 1 unspecified atom stereocenters. The summed E-state index contributed by atoms with van der Waals surface area (Å²) in [6, 6.07) is 14.6. The zero-order valence-electron chi connectivity index (χ0n) is 27.1. The van der Waals surface area contributed by atoms with E-state index in [1.807, 2.05) is 90.1 Å². The summed E-state index contributed by atoms with van der Waals surface area (Å²) in [5, 5.41) is 5.64. The van der Waals surface area contributed by atoms with Crippen molar-refractivity contribution < 1.29 is 28.4 Å². The average Bonchev–Trinajstić information content (AvgIpc) is 3.43. The quantitative estimate of drug-likeness (QED) is 0.263. The first-order valence-corrected chi connectivity index (χ1v) is 15.6. The Labute approximate surface area is 266 Å². The van der Waals surface area contributed by atoms with Crippen molar-refractivity contribution in [1.82, 2.24) is 5.32 Å². The molecule has 0 radical (unpaired) electrons. The van der Waals surface area contributed by atoms with Crippen LogP contribution in [0.5, 0.6) is 0 Å². The van der Waals surface area contributed by atoms with E-state index in [4.69, 9.17) is 14.0 Å². The molecule has 1 fully saturated rings. The Bertz CT molecular complexity index is 1540. The number of amides is 2. The molecule has 1 aliphatic heterocycles. The highest BCUT2D eigenvalue weighted by Crippen LogP contribution is 2.44. The number of ketones is 1. The molecule has 9 heteroatoms. The second kappa shape index (κ2) is 12.8. The van der Waals surface area contributed by atoms with Gasteiger partial charge in [0.2, 0.25) is 5.91 Å². The van der Waals surface area contributed by atoms with E-state index in [0.29, 0.717) is 5.69 Å². The predicted octanol–water partition coefficient (Wildman–Crippen LogP) is 5.75. The van der Waals surface area contributed by atoms with Crippen LogP contribution in [0.25, 0.3) is 5.57 Å². The summed E-state index contributed by atoms with van der Waals surface area (Å²) in [4.78, 5) is 39.2. The van der Waals surface area contributed by atoms with Gasteiger partial charge in [0.15, 0.2) is 5.78 Å². The number of nitrogens with one attached hydrogen (secondary N) is 2. The van der Waals surface area contributed by atoms with Gasteiger partial charge in [-0.15, -0.1) is 0 Å². The van der Waals surface area contributed by atoms with Crippen LogP contribution in [0.4, 0.5) is 10.5 Å². The normalized spacial score (nSPS) is 20.3. The second-order valence-corrected chi connectivity index (χ2v) is 13.4. The molecule has 8 nitrogen and oxygen atoms in total. The summed E-state index contributed by atoms with van der Waals surface area (Å²) >= 11 is 0. The smallest absolute Gasteiger partial charge is 0.448 e. The molecule has 2 aromatic carbocycles. The van der Waals surface area contributed by atoms with E-state index in [2.05, 4.69) is 22.8 Å². The van der Waals surface area contributed by atoms with Crippen LogP contribution in [0.3, 0.4) is 0 Å². The summed E-state index contributed by atoms with van der Waals surface area (Å²) < 4.78 is 17.9. The number of anilines is 1. The molecule has 0 saturated carbocycles. The van der Waals surface area contributed by atoms with Crippen LogP contribution < -0.4 is 16.1 Å². The number of carbonyl (C=O) groups excluding carboxylic acids is 3. The molecule has 234 valence electrons. The van der Waals surface area contributed by atoms with Gasteiger partial charge in [-0.2, -0.15) is 0 Å². The molecular formula is C36H42BN2O6+.